The van der Waals surface area contributed by atoms with Crippen molar-refractivity contribution in [1.82, 2.24) is 15.1 Å². The van der Waals surface area contributed by atoms with Crippen LogP contribution in [0.4, 0.5) is 0 Å². The number of methoxy groups -OCH3 is 3. The number of ether oxygens (including phenoxy) is 3. The number of likely N-dealkylation sites (tertiary alicyclic amines) is 1. The molecule has 29 heavy (non-hydrogen) atoms. The Balaban J connectivity index is 1.59. The fourth-order valence-corrected chi connectivity index (χ4v) is 4.43. The zero-order valence-electron chi connectivity index (χ0n) is 16.9. The number of hydrogen-bond acceptors (Lipinski definition) is 8. The number of rotatable bonds is 7. The van der Waals surface area contributed by atoms with Crippen LogP contribution in [-0.4, -0.2) is 43.0 Å². The Kier molecular flexibility index (Phi) is 6.01. The average Bonchev–Trinajstić information content (AvgIpc) is 3.45. The summed E-state index contributed by atoms with van der Waals surface area (Å²) in [5, 5.41) is 10.6. The molecule has 3 aromatic rings. The monoisotopic (exact) mass is 415 g/mol. The van der Waals surface area contributed by atoms with Gasteiger partial charge in [0.25, 0.3) is 5.89 Å². The summed E-state index contributed by atoms with van der Waals surface area (Å²) in [4.78, 5) is 3.38. The van der Waals surface area contributed by atoms with E-state index in [0.29, 0.717) is 29.0 Å². The molecule has 8 heteroatoms. The molecule has 0 N–H and O–H groups in total. The number of thiophene rings is 1. The Morgan fingerprint density at radius 1 is 1.10 bits per heavy atom. The summed E-state index contributed by atoms with van der Waals surface area (Å²) in [5.74, 6) is 3.20. The highest BCUT2D eigenvalue weighted by Crippen LogP contribution is 2.40. The fraction of sp³-hybridized carbons (Fsp3) is 0.429. The minimum Gasteiger partial charge on any atom is -0.493 e. The number of piperidine rings is 1. The van der Waals surface area contributed by atoms with E-state index in [1.54, 1.807) is 32.7 Å². The van der Waals surface area contributed by atoms with Crippen LogP contribution in [0.3, 0.4) is 0 Å². The van der Waals surface area contributed by atoms with Gasteiger partial charge in [-0.05, 0) is 48.5 Å². The van der Waals surface area contributed by atoms with Gasteiger partial charge in [-0.1, -0.05) is 12.5 Å². The van der Waals surface area contributed by atoms with Crippen molar-refractivity contribution in [3.8, 4) is 28.0 Å². The Morgan fingerprint density at radius 2 is 1.90 bits per heavy atom. The highest BCUT2D eigenvalue weighted by molar-refractivity contribution is 7.13. The van der Waals surface area contributed by atoms with Crippen molar-refractivity contribution < 1.29 is 18.6 Å². The van der Waals surface area contributed by atoms with Crippen LogP contribution in [0.5, 0.6) is 17.2 Å². The molecule has 1 fully saturated rings. The molecule has 0 bridgehead atoms. The maximum Gasteiger partial charge on any atom is 0.257 e. The van der Waals surface area contributed by atoms with E-state index in [2.05, 4.69) is 15.1 Å². The van der Waals surface area contributed by atoms with Crippen LogP contribution < -0.4 is 14.2 Å². The van der Waals surface area contributed by atoms with Crippen molar-refractivity contribution in [1.29, 1.82) is 0 Å². The summed E-state index contributed by atoms with van der Waals surface area (Å²) < 4.78 is 22.5. The van der Waals surface area contributed by atoms with Gasteiger partial charge in [0.2, 0.25) is 11.6 Å². The molecule has 1 saturated heterocycles. The number of benzene rings is 1. The summed E-state index contributed by atoms with van der Waals surface area (Å²) in [6.45, 7) is 1.70. The minimum absolute atomic E-state index is 0.101. The summed E-state index contributed by atoms with van der Waals surface area (Å²) in [5.41, 5.74) is 1.09. The molecule has 0 aliphatic carbocycles. The van der Waals surface area contributed by atoms with E-state index in [1.165, 1.54) is 0 Å². The van der Waals surface area contributed by atoms with Crippen LogP contribution in [0.2, 0.25) is 0 Å². The van der Waals surface area contributed by atoms with Crippen LogP contribution in [0.25, 0.3) is 10.8 Å². The minimum atomic E-state index is 0.101. The first kappa shape index (κ1) is 19.7. The summed E-state index contributed by atoms with van der Waals surface area (Å²) in [6, 6.07) is 8.08. The van der Waals surface area contributed by atoms with Crippen molar-refractivity contribution in [2.75, 3.05) is 27.9 Å². The Morgan fingerprint density at radius 3 is 2.55 bits per heavy atom. The van der Waals surface area contributed by atoms with Crippen LogP contribution in [0, 0.1) is 0 Å². The van der Waals surface area contributed by atoms with Crippen LogP contribution in [0.15, 0.2) is 34.1 Å². The Bertz CT molecular complexity index is 916. The number of hydrogen-bond donors (Lipinski definition) is 0. The van der Waals surface area contributed by atoms with Crippen molar-refractivity contribution in [2.45, 2.75) is 31.8 Å². The van der Waals surface area contributed by atoms with E-state index in [4.69, 9.17) is 18.6 Å². The predicted molar refractivity (Wildman–Crippen MR) is 111 cm³/mol. The molecule has 4 rings (SSSR count). The molecule has 3 heterocycles. The molecule has 2 aromatic heterocycles. The highest BCUT2D eigenvalue weighted by atomic mass is 32.1. The van der Waals surface area contributed by atoms with E-state index in [9.17, 15) is 0 Å². The zero-order chi connectivity index (χ0) is 20.2. The first-order valence-corrected chi connectivity index (χ1v) is 10.5. The van der Waals surface area contributed by atoms with Gasteiger partial charge in [-0.2, -0.15) is 0 Å². The summed E-state index contributed by atoms with van der Waals surface area (Å²) >= 11 is 1.60. The second kappa shape index (κ2) is 8.84. The van der Waals surface area contributed by atoms with E-state index in [-0.39, 0.29) is 6.04 Å². The van der Waals surface area contributed by atoms with Gasteiger partial charge in [0.15, 0.2) is 11.5 Å². The fourth-order valence-electron chi connectivity index (χ4n) is 3.79. The van der Waals surface area contributed by atoms with Crippen molar-refractivity contribution >= 4 is 11.3 Å². The van der Waals surface area contributed by atoms with Gasteiger partial charge in [-0.15, -0.1) is 21.5 Å². The maximum absolute atomic E-state index is 6.04. The standard InChI is InChI=1S/C21H25N3O4S/c1-25-16-11-14(12-17(26-2)19(16)27-3)13-24-9-5-4-7-15(24)20-22-23-21(28-20)18-8-6-10-29-18/h6,8,10-12,15H,4-5,7,9,13H2,1-3H3. The first-order valence-electron chi connectivity index (χ1n) is 9.63. The molecular weight excluding hydrogens is 390 g/mol. The lowest BCUT2D eigenvalue weighted by molar-refractivity contribution is 0.118. The molecule has 154 valence electrons. The summed E-state index contributed by atoms with van der Waals surface area (Å²) in [7, 11) is 4.88. The molecule has 0 saturated carbocycles. The molecule has 1 aliphatic rings. The van der Waals surface area contributed by atoms with Gasteiger partial charge in [-0.25, -0.2) is 0 Å². The molecule has 1 aromatic carbocycles. The van der Waals surface area contributed by atoms with Crippen molar-refractivity contribution in [2.24, 2.45) is 0 Å². The number of aromatic nitrogens is 2. The summed E-state index contributed by atoms with van der Waals surface area (Å²) in [6.07, 6.45) is 3.29. The van der Waals surface area contributed by atoms with Crippen LogP contribution in [-0.2, 0) is 6.54 Å². The second-order valence-electron chi connectivity index (χ2n) is 6.94. The van der Waals surface area contributed by atoms with Crippen LogP contribution >= 0.6 is 11.3 Å². The average molecular weight is 416 g/mol. The van der Waals surface area contributed by atoms with Gasteiger partial charge < -0.3 is 18.6 Å². The van der Waals surface area contributed by atoms with Gasteiger partial charge >= 0.3 is 0 Å². The normalized spacial score (nSPS) is 17.3. The first-order chi connectivity index (χ1) is 14.2. The largest absolute Gasteiger partial charge is 0.493 e. The maximum atomic E-state index is 6.04. The zero-order valence-corrected chi connectivity index (χ0v) is 17.7. The van der Waals surface area contributed by atoms with Gasteiger partial charge in [-0.3, -0.25) is 4.90 Å². The van der Waals surface area contributed by atoms with E-state index >= 15 is 0 Å². The van der Waals surface area contributed by atoms with Gasteiger partial charge in [0, 0.05) is 6.54 Å². The van der Waals surface area contributed by atoms with Gasteiger partial charge in [0.05, 0.1) is 32.2 Å². The molecule has 1 unspecified atom stereocenters. The van der Waals surface area contributed by atoms with E-state index in [0.717, 1.165) is 42.8 Å². The molecule has 0 amide bonds. The highest BCUT2D eigenvalue weighted by Gasteiger charge is 2.29. The lowest BCUT2D eigenvalue weighted by Gasteiger charge is -2.33. The lowest BCUT2D eigenvalue weighted by Crippen LogP contribution is -2.33. The third kappa shape index (κ3) is 4.09. The Hall–Kier alpha value is -2.58. The third-order valence-corrected chi connectivity index (χ3v) is 6.04. The molecule has 0 radical (unpaired) electrons. The van der Waals surface area contributed by atoms with E-state index in [1.807, 2.05) is 29.6 Å². The molecule has 1 atom stereocenters. The molecule has 0 spiro atoms. The predicted octanol–water partition coefficient (Wildman–Crippen LogP) is 4.55. The SMILES string of the molecule is COc1cc(CN2CCCCC2c2nnc(-c3cccs3)o2)cc(OC)c1OC. The quantitative estimate of drug-likeness (QED) is 0.561. The number of nitrogens with zero attached hydrogens (tertiary/aromatic N) is 3. The third-order valence-electron chi connectivity index (χ3n) is 5.18. The topological polar surface area (TPSA) is 69.9 Å². The lowest BCUT2D eigenvalue weighted by atomic mass is 10.0. The van der Waals surface area contributed by atoms with Crippen molar-refractivity contribution in [3.63, 3.8) is 0 Å². The van der Waals surface area contributed by atoms with Crippen molar-refractivity contribution in [3.05, 3.63) is 41.1 Å². The molecule has 1 aliphatic heterocycles. The van der Waals surface area contributed by atoms with Gasteiger partial charge in [0.1, 0.15) is 0 Å². The second-order valence-corrected chi connectivity index (χ2v) is 7.89. The van der Waals surface area contributed by atoms with Crippen LogP contribution in [0.1, 0.15) is 36.8 Å². The Labute approximate surface area is 174 Å². The smallest absolute Gasteiger partial charge is 0.257 e. The van der Waals surface area contributed by atoms with E-state index < -0.39 is 0 Å². The molecule has 7 nitrogen and oxygen atoms in total. The molecular formula is C21H25N3O4S.